The minimum atomic E-state index is -0.491. The van der Waals surface area contributed by atoms with Gasteiger partial charge in [0, 0.05) is 5.69 Å². The van der Waals surface area contributed by atoms with Crippen LogP contribution in [-0.4, -0.2) is 15.9 Å². The number of aromatic nitrogens is 2. The monoisotopic (exact) mass is 261 g/mol. The summed E-state index contributed by atoms with van der Waals surface area (Å²) in [5.41, 5.74) is 3.44. The fraction of sp³-hybridized carbons (Fsp3) is 0.0833. The van der Waals surface area contributed by atoms with E-state index >= 15 is 0 Å². The second-order valence-corrected chi connectivity index (χ2v) is 3.91. The van der Waals surface area contributed by atoms with Crippen LogP contribution < -0.4 is 16.6 Å². The van der Waals surface area contributed by atoms with Crippen molar-refractivity contribution in [3.8, 4) is 0 Å². The highest BCUT2D eigenvalue weighted by Gasteiger charge is 2.10. The number of nitrogen functional groups attached to an aromatic ring is 1. The third kappa shape index (κ3) is 3.23. The Morgan fingerprint density at radius 3 is 2.79 bits per heavy atom. The van der Waals surface area contributed by atoms with Crippen molar-refractivity contribution in [3.05, 3.63) is 47.7 Å². The van der Waals surface area contributed by atoms with Gasteiger partial charge in [-0.25, -0.2) is 15.2 Å². The molecule has 4 N–H and O–H groups in total. The number of nitrogens with two attached hydrogens (primary N) is 1. The Kier molecular flexibility index (Phi) is 3.67. The van der Waals surface area contributed by atoms with Crippen LogP contribution in [0.15, 0.2) is 30.6 Å². The minimum Gasteiger partial charge on any atom is -0.320 e. The first-order valence-electron chi connectivity index (χ1n) is 5.45. The van der Waals surface area contributed by atoms with Gasteiger partial charge in [-0.05, 0) is 30.7 Å². The summed E-state index contributed by atoms with van der Waals surface area (Å²) in [6.45, 7) is 1.73. The van der Waals surface area contributed by atoms with Crippen LogP contribution in [-0.2, 0) is 0 Å². The number of amides is 1. The summed E-state index contributed by atoms with van der Waals surface area (Å²) >= 11 is 0. The predicted octanol–water partition coefficient (Wildman–Crippen LogP) is 1.46. The summed E-state index contributed by atoms with van der Waals surface area (Å²) in [7, 11) is 0. The molecule has 6 nitrogen and oxygen atoms in total. The Morgan fingerprint density at radius 1 is 1.32 bits per heavy atom. The van der Waals surface area contributed by atoms with Gasteiger partial charge in [0.15, 0.2) is 5.82 Å². The number of aryl methyl sites for hydroxylation is 1. The summed E-state index contributed by atoms with van der Waals surface area (Å²) < 4.78 is 13.2. The molecule has 0 saturated heterocycles. The number of carbonyl (C=O) groups excluding carboxylic acids is 1. The number of hydrogen-bond donors (Lipinski definition) is 3. The number of benzene rings is 1. The number of anilines is 2. The number of carbonyl (C=O) groups is 1. The maximum absolute atomic E-state index is 13.2. The van der Waals surface area contributed by atoms with Gasteiger partial charge in [0.25, 0.3) is 5.91 Å². The van der Waals surface area contributed by atoms with E-state index in [1.807, 2.05) is 0 Å². The number of nitrogens with zero attached hydrogens (tertiary/aromatic N) is 2. The molecule has 0 bridgehead atoms. The number of rotatable bonds is 3. The maximum Gasteiger partial charge on any atom is 0.275 e. The van der Waals surface area contributed by atoms with Crippen molar-refractivity contribution in [1.82, 2.24) is 9.97 Å². The molecule has 0 fully saturated rings. The molecule has 0 aliphatic heterocycles. The molecular weight excluding hydrogens is 249 g/mol. The third-order valence-electron chi connectivity index (χ3n) is 2.32. The van der Waals surface area contributed by atoms with Gasteiger partial charge in [0.05, 0.1) is 12.4 Å². The molecule has 1 amide bonds. The van der Waals surface area contributed by atoms with Crippen LogP contribution in [0.3, 0.4) is 0 Å². The van der Waals surface area contributed by atoms with Crippen LogP contribution in [0.2, 0.25) is 0 Å². The average molecular weight is 261 g/mol. The fourth-order valence-electron chi connectivity index (χ4n) is 1.55. The standard InChI is InChI=1S/C12H12FN5O/c1-7-2-8(13)4-9(3-7)16-12(19)10-5-15-6-11(17-10)18-14/h2-6H,14H2,1H3,(H,16,19)(H,17,18). The highest BCUT2D eigenvalue weighted by atomic mass is 19.1. The molecule has 0 aliphatic rings. The van der Waals surface area contributed by atoms with Crippen molar-refractivity contribution in [2.75, 3.05) is 10.7 Å². The van der Waals surface area contributed by atoms with E-state index in [1.54, 1.807) is 13.0 Å². The number of halogens is 1. The van der Waals surface area contributed by atoms with Crippen LogP contribution in [0.1, 0.15) is 16.1 Å². The second kappa shape index (κ2) is 5.40. The van der Waals surface area contributed by atoms with Gasteiger partial charge in [0.1, 0.15) is 11.5 Å². The lowest BCUT2D eigenvalue weighted by Gasteiger charge is -2.06. The zero-order chi connectivity index (χ0) is 13.8. The molecule has 2 rings (SSSR count). The van der Waals surface area contributed by atoms with Gasteiger partial charge in [-0.2, -0.15) is 0 Å². The SMILES string of the molecule is Cc1cc(F)cc(NC(=O)c2cncc(NN)n2)c1. The molecule has 2 aromatic rings. The molecule has 0 spiro atoms. The highest BCUT2D eigenvalue weighted by Crippen LogP contribution is 2.14. The van der Waals surface area contributed by atoms with E-state index in [1.165, 1.54) is 24.5 Å². The lowest BCUT2D eigenvalue weighted by atomic mass is 10.2. The molecule has 19 heavy (non-hydrogen) atoms. The normalized spacial score (nSPS) is 10.1. The van der Waals surface area contributed by atoms with Gasteiger partial charge >= 0.3 is 0 Å². The van der Waals surface area contributed by atoms with Crippen molar-refractivity contribution in [2.45, 2.75) is 6.92 Å². The van der Waals surface area contributed by atoms with E-state index < -0.39 is 11.7 Å². The Hall–Kier alpha value is -2.54. The first-order chi connectivity index (χ1) is 9.08. The van der Waals surface area contributed by atoms with Gasteiger partial charge in [0.2, 0.25) is 0 Å². The predicted molar refractivity (Wildman–Crippen MR) is 68.9 cm³/mol. The maximum atomic E-state index is 13.2. The number of hydrogen-bond acceptors (Lipinski definition) is 5. The molecule has 0 unspecified atom stereocenters. The molecule has 0 aliphatic carbocycles. The smallest absolute Gasteiger partial charge is 0.275 e. The van der Waals surface area contributed by atoms with Crippen molar-refractivity contribution >= 4 is 17.4 Å². The summed E-state index contributed by atoms with van der Waals surface area (Å²) in [6.07, 6.45) is 2.67. The first-order valence-corrected chi connectivity index (χ1v) is 5.45. The average Bonchev–Trinajstić information content (AvgIpc) is 2.37. The fourth-order valence-corrected chi connectivity index (χ4v) is 1.55. The van der Waals surface area contributed by atoms with Gasteiger partial charge in [-0.3, -0.25) is 9.78 Å². The van der Waals surface area contributed by atoms with E-state index in [0.29, 0.717) is 11.3 Å². The second-order valence-electron chi connectivity index (χ2n) is 3.91. The molecule has 7 heteroatoms. The lowest BCUT2D eigenvalue weighted by Crippen LogP contribution is -2.16. The lowest BCUT2D eigenvalue weighted by molar-refractivity contribution is 0.102. The van der Waals surface area contributed by atoms with E-state index in [-0.39, 0.29) is 11.5 Å². The van der Waals surface area contributed by atoms with Gasteiger partial charge in [-0.1, -0.05) is 0 Å². The Bertz CT molecular complexity index is 597. The molecule has 98 valence electrons. The first kappa shape index (κ1) is 12.9. The summed E-state index contributed by atoms with van der Waals surface area (Å²) in [4.78, 5) is 19.6. The van der Waals surface area contributed by atoms with Crippen molar-refractivity contribution in [2.24, 2.45) is 5.84 Å². The Balaban J connectivity index is 2.20. The topological polar surface area (TPSA) is 92.9 Å². The van der Waals surface area contributed by atoms with Gasteiger partial charge < -0.3 is 10.7 Å². The molecule has 1 heterocycles. The Morgan fingerprint density at radius 2 is 2.11 bits per heavy atom. The molecule has 1 aromatic carbocycles. The summed E-state index contributed by atoms with van der Waals surface area (Å²) in [6, 6.07) is 4.25. The molecular formula is C12H12FN5O. The van der Waals surface area contributed by atoms with Crippen LogP contribution >= 0.6 is 0 Å². The van der Waals surface area contributed by atoms with Crippen molar-refractivity contribution < 1.29 is 9.18 Å². The van der Waals surface area contributed by atoms with Crippen LogP contribution in [0.5, 0.6) is 0 Å². The summed E-state index contributed by atoms with van der Waals surface area (Å²) in [5.74, 6) is 4.54. The van der Waals surface area contributed by atoms with E-state index in [9.17, 15) is 9.18 Å². The number of hydrazine groups is 1. The Labute approximate surface area is 108 Å². The van der Waals surface area contributed by atoms with E-state index in [4.69, 9.17) is 5.84 Å². The van der Waals surface area contributed by atoms with Crippen LogP contribution in [0, 0.1) is 12.7 Å². The quantitative estimate of drug-likeness (QED) is 0.574. The van der Waals surface area contributed by atoms with E-state index in [2.05, 4.69) is 20.7 Å². The molecule has 0 saturated carbocycles. The number of nitrogens with one attached hydrogen (secondary N) is 2. The van der Waals surface area contributed by atoms with E-state index in [0.717, 1.165) is 0 Å². The molecule has 0 radical (unpaired) electrons. The largest absolute Gasteiger partial charge is 0.320 e. The van der Waals surface area contributed by atoms with Crippen molar-refractivity contribution in [3.63, 3.8) is 0 Å². The molecule has 1 aromatic heterocycles. The van der Waals surface area contributed by atoms with Crippen molar-refractivity contribution in [1.29, 1.82) is 0 Å². The zero-order valence-electron chi connectivity index (χ0n) is 10.1. The zero-order valence-corrected chi connectivity index (χ0v) is 10.1. The minimum absolute atomic E-state index is 0.0809. The van der Waals surface area contributed by atoms with Crippen LogP contribution in [0.25, 0.3) is 0 Å². The van der Waals surface area contributed by atoms with Gasteiger partial charge in [-0.15, -0.1) is 0 Å². The third-order valence-corrected chi connectivity index (χ3v) is 2.32. The molecule has 0 atom stereocenters. The highest BCUT2D eigenvalue weighted by molar-refractivity contribution is 6.02. The summed E-state index contributed by atoms with van der Waals surface area (Å²) in [5, 5.41) is 2.54. The van der Waals surface area contributed by atoms with Crippen LogP contribution in [0.4, 0.5) is 15.9 Å².